The zero-order valence-electron chi connectivity index (χ0n) is 8.47. The third-order valence-corrected chi connectivity index (χ3v) is 2.29. The third-order valence-electron chi connectivity index (χ3n) is 1.51. The van der Waals surface area contributed by atoms with Crippen molar-refractivity contribution in [2.75, 3.05) is 19.0 Å². The molecule has 0 aromatic heterocycles. The quantitative estimate of drug-likeness (QED) is 0.728. The highest BCUT2D eigenvalue weighted by Gasteiger charge is 2.11. The summed E-state index contributed by atoms with van der Waals surface area (Å²) in [5, 5.41) is 3.61. The van der Waals surface area contributed by atoms with Gasteiger partial charge in [-0.2, -0.15) is 0 Å². The van der Waals surface area contributed by atoms with E-state index in [4.69, 9.17) is 4.74 Å². The number of ether oxygens (including phenoxy) is 1. The number of carbonyl (C=O) groups is 1. The summed E-state index contributed by atoms with van der Waals surface area (Å²) in [6.07, 6.45) is 0.577. The summed E-state index contributed by atoms with van der Waals surface area (Å²) in [5.74, 6) is 0.495. The van der Waals surface area contributed by atoms with Gasteiger partial charge in [-0.3, -0.25) is 4.79 Å². The number of rotatable bonds is 6. The van der Waals surface area contributed by atoms with Crippen LogP contribution >= 0.6 is 15.9 Å². The fourth-order valence-corrected chi connectivity index (χ4v) is 1.33. The van der Waals surface area contributed by atoms with E-state index in [1.807, 2.05) is 13.8 Å². The van der Waals surface area contributed by atoms with Crippen LogP contribution in [0.15, 0.2) is 0 Å². The normalized spacial score (nSPS) is 13.0. The van der Waals surface area contributed by atoms with Gasteiger partial charge in [0.2, 0.25) is 5.91 Å². The molecule has 0 saturated heterocycles. The Labute approximate surface area is 88.4 Å². The first-order valence-electron chi connectivity index (χ1n) is 4.44. The predicted octanol–water partition coefficient (Wildman–Crippen LogP) is 1.56. The lowest BCUT2D eigenvalue weighted by Crippen LogP contribution is -2.39. The molecule has 3 nitrogen and oxygen atoms in total. The molecule has 1 atom stereocenters. The van der Waals surface area contributed by atoms with Crippen molar-refractivity contribution in [3.63, 3.8) is 0 Å². The van der Waals surface area contributed by atoms with Gasteiger partial charge in [-0.1, -0.05) is 29.8 Å². The maximum Gasteiger partial charge on any atom is 0.220 e. The minimum absolute atomic E-state index is 0.0799. The predicted molar refractivity (Wildman–Crippen MR) is 57.1 cm³/mol. The van der Waals surface area contributed by atoms with Gasteiger partial charge in [0.25, 0.3) is 0 Å². The first kappa shape index (κ1) is 12.9. The largest absolute Gasteiger partial charge is 0.383 e. The van der Waals surface area contributed by atoms with Crippen molar-refractivity contribution in [1.29, 1.82) is 0 Å². The Morgan fingerprint density at radius 2 is 2.15 bits per heavy atom. The van der Waals surface area contributed by atoms with Crippen LogP contribution in [0, 0.1) is 5.92 Å². The van der Waals surface area contributed by atoms with Crippen molar-refractivity contribution in [3.05, 3.63) is 0 Å². The number of methoxy groups -OCH3 is 1. The maximum absolute atomic E-state index is 11.3. The molecule has 0 aliphatic rings. The van der Waals surface area contributed by atoms with Crippen molar-refractivity contribution in [2.45, 2.75) is 26.3 Å². The van der Waals surface area contributed by atoms with Crippen molar-refractivity contribution in [3.8, 4) is 0 Å². The average Bonchev–Trinajstić information content (AvgIpc) is 2.02. The molecule has 1 unspecified atom stereocenters. The molecule has 0 aliphatic heterocycles. The first-order valence-corrected chi connectivity index (χ1v) is 5.56. The Morgan fingerprint density at radius 1 is 1.54 bits per heavy atom. The van der Waals surface area contributed by atoms with Crippen LogP contribution in [0.25, 0.3) is 0 Å². The SMILES string of the molecule is COCC(CBr)NC(=O)CC(C)C. The Morgan fingerprint density at radius 3 is 2.54 bits per heavy atom. The Bertz CT molecular complexity index is 151. The van der Waals surface area contributed by atoms with Gasteiger partial charge in [-0.25, -0.2) is 0 Å². The molecule has 1 N–H and O–H groups in total. The number of carbonyl (C=O) groups excluding carboxylic acids is 1. The number of amides is 1. The second-order valence-corrected chi connectivity index (χ2v) is 4.12. The number of halogens is 1. The van der Waals surface area contributed by atoms with Crippen molar-refractivity contribution in [2.24, 2.45) is 5.92 Å². The molecule has 0 aromatic rings. The van der Waals surface area contributed by atoms with E-state index >= 15 is 0 Å². The summed E-state index contributed by atoms with van der Waals surface area (Å²) in [4.78, 5) is 11.3. The van der Waals surface area contributed by atoms with Gasteiger partial charge >= 0.3 is 0 Å². The topological polar surface area (TPSA) is 38.3 Å². The minimum Gasteiger partial charge on any atom is -0.383 e. The van der Waals surface area contributed by atoms with Gasteiger partial charge in [-0.05, 0) is 5.92 Å². The zero-order chi connectivity index (χ0) is 10.3. The van der Waals surface area contributed by atoms with Crippen LogP contribution < -0.4 is 5.32 Å². The van der Waals surface area contributed by atoms with Gasteiger partial charge in [0.05, 0.1) is 12.6 Å². The average molecular weight is 252 g/mol. The highest BCUT2D eigenvalue weighted by atomic mass is 79.9. The van der Waals surface area contributed by atoms with Crippen molar-refractivity contribution in [1.82, 2.24) is 5.32 Å². The number of hydrogen-bond acceptors (Lipinski definition) is 2. The summed E-state index contributed by atoms with van der Waals surface area (Å²) < 4.78 is 4.96. The molecular formula is C9H18BrNO2. The fourth-order valence-electron chi connectivity index (χ4n) is 0.983. The Balaban J connectivity index is 3.73. The number of nitrogens with one attached hydrogen (secondary N) is 1. The monoisotopic (exact) mass is 251 g/mol. The lowest BCUT2D eigenvalue weighted by Gasteiger charge is -2.15. The molecule has 1 amide bonds. The lowest BCUT2D eigenvalue weighted by atomic mass is 10.1. The molecule has 0 radical (unpaired) electrons. The first-order chi connectivity index (χ1) is 6.10. The molecule has 0 fully saturated rings. The van der Waals surface area contributed by atoms with E-state index < -0.39 is 0 Å². The third kappa shape index (κ3) is 7.02. The number of alkyl halides is 1. The number of hydrogen-bond donors (Lipinski definition) is 1. The maximum atomic E-state index is 11.3. The summed E-state index contributed by atoms with van der Waals surface area (Å²) in [6.45, 7) is 4.60. The van der Waals surface area contributed by atoms with Crippen LogP contribution in [0.1, 0.15) is 20.3 Å². The van der Waals surface area contributed by atoms with E-state index in [0.29, 0.717) is 18.9 Å². The summed E-state index contributed by atoms with van der Waals surface area (Å²) in [7, 11) is 1.63. The Kier molecular flexibility index (Phi) is 7.28. The van der Waals surface area contributed by atoms with E-state index in [1.165, 1.54) is 0 Å². The molecular weight excluding hydrogens is 234 g/mol. The van der Waals surface area contributed by atoms with Gasteiger partial charge in [0.15, 0.2) is 0 Å². The molecule has 0 aliphatic carbocycles. The highest BCUT2D eigenvalue weighted by molar-refractivity contribution is 9.09. The molecule has 0 heterocycles. The van der Waals surface area contributed by atoms with E-state index in [0.717, 1.165) is 5.33 Å². The molecule has 0 spiro atoms. The molecule has 0 bridgehead atoms. The minimum atomic E-state index is 0.0799. The van der Waals surface area contributed by atoms with Gasteiger partial charge in [0.1, 0.15) is 0 Å². The molecule has 0 aromatic carbocycles. The summed E-state index contributed by atoms with van der Waals surface area (Å²) in [5.41, 5.74) is 0. The van der Waals surface area contributed by atoms with E-state index in [1.54, 1.807) is 7.11 Å². The van der Waals surface area contributed by atoms with Crippen LogP contribution in [0.5, 0.6) is 0 Å². The highest BCUT2D eigenvalue weighted by Crippen LogP contribution is 2.00. The van der Waals surface area contributed by atoms with Crippen LogP contribution in [-0.2, 0) is 9.53 Å². The van der Waals surface area contributed by atoms with Crippen molar-refractivity contribution >= 4 is 21.8 Å². The summed E-state index contributed by atoms with van der Waals surface area (Å²) >= 11 is 3.32. The second-order valence-electron chi connectivity index (χ2n) is 3.47. The van der Waals surface area contributed by atoms with Gasteiger partial charge in [0, 0.05) is 18.9 Å². The van der Waals surface area contributed by atoms with Crippen LogP contribution in [-0.4, -0.2) is 31.0 Å². The van der Waals surface area contributed by atoms with Crippen molar-refractivity contribution < 1.29 is 9.53 Å². The summed E-state index contributed by atoms with van der Waals surface area (Å²) in [6, 6.07) is 0.0799. The van der Waals surface area contributed by atoms with Crippen LogP contribution in [0.4, 0.5) is 0 Å². The van der Waals surface area contributed by atoms with E-state index in [2.05, 4.69) is 21.2 Å². The molecule has 0 saturated carbocycles. The van der Waals surface area contributed by atoms with Crippen LogP contribution in [0.3, 0.4) is 0 Å². The second kappa shape index (κ2) is 7.33. The standard InChI is InChI=1S/C9H18BrNO2/c1-7(2)4-9(12)11-8(5-10)6-13-3/h7-8H,4-6H2,1-3H3,(H,11,12). The van der Waals surface area contributed by atoms with E-state index in [-0.39, 0.29) is 11.9 Å². The molecule has 4 heteroatoms. The van der Waals surface area contributed by atoms with E-state index in [9.17, 15) is 4.79 Å². The fraction of sp³-hybridized carbons (Fsp3) is 0.889. The van der Waals surface area contributed by atoms with Gasteiger partial charge in [-0.15, -0.1) is 0 Å². The lowest BCUT2D eigenvalue weighted by molar-refractivity contribution is -0.122. The molecule has 0 rings (SSSR count). The molecule has 13 heavy (non-hydrogen) atoms. The van der Waals surface area contributed by atoms with Crippen LogP contribution in [0.2, 0.25) is 0 Å². The van der Waals surface area contributed by atoms with Gasteiger partial charge < -0.3 is 10.1 Å². The Hall–Kier alpha value is -0.0900. The molecule has 78 valence electrons. The smallest absolute Gasteiger partial charge is 0.220 e. The zero-order valence-corrected chi connectivity index (χ0v) is 10.1.